The fourth-order valence-corrected chi connectivity index (χ4v) is 1.72. The minimum atomic E-state index is 0.296. The summed E-state index contributed by atoms with van der Waals surface area (Å²) < 4.78 is 10.9. The van der Waals surface area contributed by atoms with Crippen molar-refractivity contribution in [2.45, 2.75) is 32.1 Å². The summed E-state index contributed by atoms with van der Waals surface area (Å²) in [6.07, 6.45) is 4.73. The maximum absolute atomic E-state index is 8.33. The lowest BCUT2D eigenvalue weighted by atomic mass is 10.0. The summed E-state index contributed by atoms with van der Waals surface area (Å²) in [6.45, 7) is 3.35. The molecule has 94 valence electrons. The van der Waals surface area contributed by atoms with Crippen LogP contribution in [-0.2, 0) is 9.47 Å². The first-order chi connectivity index (χ1) is 7.83. The summed E-state index contributed by atoms with van der Waals surface area (Å²) in [5.74, 6) is 0.960. The van der Waals surface area contributed by atoms with Crippen molar-refractivity contribution < 1.29 is 14.7 Å². The smallest absolute Gasteiger partial charge is 0.139 e. The average Bonchev–Trinajstić information content (AvgIpc) is 2.34. The second-order valence-corrected chi connectivity index (χ2v) is 4.18. The lowest BCUT2D eigenvalue weighted by Gasteiger charge is -2.21. The van der Waals surface area contributed by atoms with Gasteiger partial charge in [0.2, 0.25) is 0 Å². The van der Waals surface area contributed by atoms with Crippen molar-refractivity contribution in [2.24, 2.45) is 16.8 Å². The molecule has 5 heteroatoms. The topological polar surface area (TPSA) is 77.1 Å². The van der Waals surface area contributed by atoms with Gasteiger partial charge in [-0.05, 0) is 31.6 Å². The highest BCUT2D eigenvalue weighted by molar-refractivity contribution is 5.79. The highest BCUT2D eigenvalue weighted by Crippen LogP contribution is 2.14. The Bertz CT molecular complexity index is 203. The van der Waals surface area contributed by atoms with Crippen molar-refractivity contribution in [1.29, 1.82) is 0 Å². The molecule has 0 aromatic carbocycles. The van der Waals surface area contributed by atoms with Crippen molar-refractivity contribution in [3.8, 4) is 0 Å². The molecule has 0 saturated carbocycles. The van der Waals surface area contributed by atoms with Crippen LogP contribution < -0.4 is 5.73 Å². The van der Waals surface area contributed by atoms with E-state index in [2.05, 4.69) is 5.16 Å². The molecule has 1 fully saturated rings. The summed E-state index contributed by atoms with van der Waals surface area (Å²) in [7, 11) is 0. The van der Waals surface area contributed by atoms with Gasteiger partial charge in [-0.3, -0.25) is 0 Å². The third-order valence-corrected chi connectivity index (χ3v) is 2.79. The van der Waals surface area contributed by atoms with Gasteiger partial charge < -0.3 is 20.4 Å². The van der Waals surface area contributed by atoms with Gasteiger partial charge in [-0.15, -0.1) is 0 Å². The lowest BCUT2D eigenvalue weighted by Crippen LogP contribution is -2.20. The molecule has 3 N–H and O–H groups in total. The van der Waals surface area contributed by atoms with Crippen LogP contribution >= 0.6 is 0 Å². The predicted octanol–water partition coefficient (Wildman–Crippen LogP) is 1.35. The van der Waals surface area contributed by atoms with E-state index >= 15 is 0 Å². The SMILES string of the molecule is NC(CCCCOCC1CCOCC1)=NO. The van der Waals surface area contributed by atoms with E-state index in [4.69, 9.17) is 20.4 Å². The summed E-state index contributed by atoms with van der Waals surface area (Å²) in [4.78, 5) is 0. The van der Waals surface area contributed by atoms with Crippen molar-refractivity contribution >= 4 is 5.84 Å². The standard InChI is InChI=1S/C11H22N2O3/c12-11(13-14)3-1-2-6-16-9-10-4-7-15-8-5-10/h10,14H,1-9H2,(H2,12,13). The van der Waals surface area contributed by atoms with Crippen LogP contribution in [0.4, 0.5) is 0 Å². The Hall–Kier alpha value is -0.810. The monoisotopic (exact) mass is 230 g/mol. The molecule has 0 aromatic heterocycles. The van der Waals surface area contributed by atoms with E-state index in [0.717, 1.165) is 52.1 Å². The second-order valence-electron chi connectivity index (χ2n) is 4.18. The Labute approximate surface area is 96.6 Å². The van der Waals surface area contributed by atoms with Crippen molar-refractivity contribution in [3.05, 3.63) is 0 Å². The number of nitrogens with zero attached hydrogens (tertiary/aromatic N) is 1. The molecule has 0 amide bonds. The highest BCUT2D eigenvalue weighted by atomic mass is 16.5. The molecule has 1 saturated heterocycles. The molecule has 1 aliphatic rings. The molecule has 0 atom stereocenters. The largest absolute Gasteiger partial charge is 0.409 e. The van der Waals surface area contributed by atoms with Crippen LogP contribution in [0, 0.1) is 5.92 Å². The zero-order valence-electron chi connectivity index (χ0n) is 9.73. The van der Waals surface area contributed by atoms with E-state index in [1.54, 1.807) is 0 Å². The third kappa shape index (κ3) is 5.92. The number of nitrogens with two attached hydrogens (primary N) is 1. The van der Waals surface area contributed by atoms with Gasteiger partial charge in [0.05, 0.1) is 0 Å². The summed E-state index contributed by atoms with van der Waals surface area (Å²) in [5, 5.41) is 11.2. The van der Waals surface area contributed by atoms with E-state index in [1.807, 2.05) is 0 Å². The lowest BCUT2D eigenvalue weighted by molar-refractivity contribution is 0.0199. The Morgan fingerprint density at radius 2 is 2.12 bits per heavy atom. The fourth-order valence-electron chi connectivity index (χ4n) is 1.72. The van der Waals surface area contributed by atoms with Gasteiger partial charge in [0.25, 0.3) is 0 Å². The first-order valence-electron chi connectivity index (χ1n) is 5.95. The van der Waals surface area contributed by atoms with Crippen LogP contribution in [-0.4, -0.2) is 37.5 Å². The minimum absolute atomic E-state index is 0.296. The van der Waals surface area contributed by atoms with Crippen LogP contribution in [0.1, 0.15) is 32.1 Å². The normalized spacial score (nSPS) is 18.9. The highest BCUT2D eigenvalue weighted by Gasteiger charge is 2.13. The van der Waals surface area contributed by atoms with E-state index in [0.29, 0.717) is 18.2 Å². The molecule has 0 bridgehead atoms. The van der Waals surface area contributed by atoms with E-state index in [1.165, 1.54) is 0 Å². The molecular weight excluding hydrogens is 208 g/mol. The van der Waals surface area contributed by atoms with E-state index < -0.39 is 0 Å². The minimum Gasteiger partial charge on any atom is -0.409 e. The van der Waals surface area contributed by atoms with Crippen LogP contribution in [0.3, 0.4) is 0 Å². The predicted molar refractivity (Wildman–Crippen MR) is 61.6 cm³/mol. The van der Waals surface area contributed by atoms with Gasteiger partial charge in [-0.1, -0.05) is 5.16 Å². The van der Waals surface area contributed by atoms with Crippen molar-refractivity contribution in [1.82, 2.24) is 0 Å². The molecule has 1 aliphatic heterocycles. The molecule has 0 radical (unpaired) electrons. The number of oxime groups is 1. The summed E-state index contributed by atoms with van der Waals surface area (Å²) in [6, 6.07) is 0. The molecule has 0 aliphatic carbocycles. The Morgan fingerprint density at radius 3 is 2.81 bits per heavy atom. The molecular formula is C11H22N2O3. The van der Waals surface area contributed by atoms with E-state index in [-0.39, 0.29) is 0 Å². The van der Waals surface area contributed by atoms with Crippen molar-refractivity contribution in [2.75, 3.05) is 26.4 Å². The first-order valence-corrected chi connectivity index (χ1v) is 5.95. The summed E-state index contributed by atoms with van der Waals surface area (Å²) in [5.41, 5.74) is 5.35. The zero-order valence-corrected chi connectivity index (χ0v) is 9.73. The average molecular weight is 230 g/mol. The van der Waals surface area contributed by atoms with Crippen LogP contribution in [0.25, 0.3) is 0 Å². The maximum atomic E-state index is 8.33. The Morgan fingerprint density at radius 1 is 1.38 bits per heavy atom. The van der Waals surface area contributed by atoms with Crippen LogP contribution in [0.15, 0.2) is 5.16 Å². The quantitative estimate of drug-likeness (QED) is 0.227. The number of hydrogen-bond donors (Lipinski definition) is 2. The molecule has 16 heavy (non-hydrogen) atoms. The number of unbranched alkanes of at least 4 members (excludes halogenated alkanes) is 1. The maximum Gasteiger partial charge on any atom is 0.139 e. The van der Waals surface area contributed by atoms with Crippen LogP contribution in [0.5, 0.6) is 0 Å². The third-order valence-electron chi connectivity index (χ3n) is 2.79. The van der Waals surface area contributed by atoms with Gasteiger partial charge in [0, 0.05) is 32.8 Å². The van der Waals surface area contributed by atoms with Crippen molar-refractivity contribution in [3.63, 3.8) is 0 Å². The number of rotatable bonds is 7. The second kappa shape index (κ2) is 8.35. The first kappa shape index (κ1) is 13.3. The Kier molecular flexibility index (Phi) is 6.92. The molecule has 0 aromatic rings. The van der Waals surface area contributed by atoms with Gasteiger partial charge in [0.15, 0.2) is 0 Å². The molecule has 5 nitrogen and oxygen atoms in total. The molecule has 1 rings (SSSR count). The Balaban J connectivity index is 1.87. The molecule has 0 unspecified atom stereocenters. The molecule has 1 heterocycles. The van der Waals surface area contributed by atoms with Gasteiger partial charge in [0.1, 0.15) is 5.84 Å². The number of hydrogen-bond acceptors (Lipinski definition) is 4. The fraction of sp³-hybridized carbons (Fsp3) is 0.909. The number of ether oxygens (including phenoxy) is 2. The van der Waals surface area contributed by atoms with Crippen LogP contribution in [0.2, 0.25) is 0 Å². The van der Waals surface area contributed by atoms with Gasteiger partial charge in [-0.25, -0.2) is 0 Å². The van der Waals surface area contributed by atoms with Gasteiger partial charge >= 0.3 is 0 Å². The zero-order chi connectivity index (χ0) is 11.6. The number of amidine groups is 1. The molecule has 0 spiro atoms. The van der Waals surface area contributed by atoms with E-state index in [9.17, 15) is 0 Å². The summed E-state index contributed by atoms with van der Waals surface area (Å²) >= 11 is 0. The van der Waals surface area contributed by atoms with Gasteiger partial charge in [-0.2, -0.15) is 0 Å².